The highest BCUT2D eigenvalue weighted by atomic mass is 35.5. The van der Waals surface area contributed by atoms with Crippen LogP contribution in [0.25, 0.3) is 0 Å². The molecule has 16 rings (SSSR count). The number of H-pyrrole nitrogens is 1. The van der Waals surface area contributed by atoms with Gasteiger partial charge in [0.15, 0.2) is 40.7 Å². The Labute approximate surface area is 848 Å². The Morgan fingerprint density at radius 1 is 0.467 bits per heavy atom. The van der Waals surface area contributed by atoms with E-state index in [0.717, 1.165) is 114 Å². The summed E-state index contributed by atoms with van der Waals surface area (Å²) in [5.74, 6) is 3.53. The molecule has 758 valence electrons. The molecule has 0 bridgehead atoms. The molecule has 0 spiro atoms. The van der Waals surface area contributed by atoms with E-state index in [1.165, 1.54) is 59.8 Å². The lowest BCUT2D eigenvalue weighted by atomic mass is 9.84. The quantitative estimate of drug-likeness (QED) is 0.00435. The maximum atomic E-state index is 12.7. The van der Waals surface area contributed by atoms with E-state index in [1.807, 2.05) is 27.7 Å². The van der Waals surface area contributed by atoms with Gasteiger partial charge in [-0.3, -0.25) is 83.8 Å². The van der Waals surface area contributed by atoms with E-state index in [9.17, 15) is 75.8 Å². The van der Waals surface area contributed by atoms with Gasteiger partial charge in [-0.15, -0.1) is 0 Å². The third kappa shape index (κ3) is 45.8. The van der Waals surface area contributed by atoms with Crippen LogP contribution in [0.4, 0.5) is 45.6 Å². The summed E-state index contributed by atoms with van der Waals surface area (Å²) < 4.78 is 83.1. The van der Waals surface area contributed by atoms with Crippen molar-refractivity contribution in [1.29, 1.82) is 0 Å². The lowest BCUT2D eigenvalue weighted by Gasteiger charge is -2.09. The molecule has 7 fully saturated rings. The van der Waals surface area contributed by atoms with Crippen LogP contribution < -0.4 is 11.1 Å². The zero-order valence-corrected chi connectivity index (χ0v) is 87.5. The van der Waals surface area contributed by atoms with Crippen LogP contribution in [0.1, 0.15) is 210 Å². The van der Waals surface area contributed by atoms with Crippen LogP contribution in [0.3, 0.4) is 0 Å². The highest BCUT2D eigenvalue weighted by Crippen LogP contribution is 2.43. The Balaban J connectivity index is 0.000000760. The molecule has 0 aromatic carbocycles. The molecule has 9 heterocycles. The molecular formula is C76H122BCl6N25O18S9. The van der Waals surface area contributed by atoms with E-state index in [-0.39, 0.29) is 143 Å². The number of rotatable bonds is 27. The molecule has 135 heavy (non-hydrogen) atoms. The van der Waals surface area contributed by atoms with Crippen molar-refractivity contribution in [3.05, 3.63) is 150 Å². The number of thiol groups is 5. The van der Waals surface area contributed by atoms with Crippen molar-refractivity contribution in [2.75, 3.05) is 64.8 Å². The Morgan fingerprint density at radius 3 is 1.20 bits per heavy atom. The molecule has 43 nitrogen and oxygen atoms in total. The van der Waals surface area contributed by atoms with Crippen molar-refractivity contribution in [3.63, 3.8) is 0 Å². The lowest BCUT2D eigenvalue weighted by Crippen LogP contribution is -2.14. The molecule has 0 aliphatic heterocycles. The Morgan fingerprint density at radius 2 is 0.844 bits per heavy atom. The molecule has 6 N–H and O–H groups in total. The van der Waals surface area contributed by atoms with Gasteiger partial charge in [0.25, 0.3) is 5.03 Å². The van der Waals surface area contributed by atoms with Crippen molar-refractivity contribution >= 4 is 227 Å². The number of hydrogen-bond donors (Lipinski definition) is 10. The normalized spacial score (nSPS) is 14.2. The predicted molar refractivity (Wildman–Crippen MR) is 548 cm³/mol. The minimum absolute atomic E-state index is 0. The molecule has 0 unspecified atom stereocenters. The van der Waals surface area contributed by atoms with Crippen LogP contribution in [0, 0.1) is 80.2 Å². The number of nitro groups is 5. The monoisotopic (exact) mass is 2180 g/mol. The van der Waals surface area contributed by atoms with Gasteiger partial charge in [-0.25, -0.2) is 40.2 Å². The number of anilines is 3. The van der Waals surface area contributed by atoms with E-state index in [2.05, 4.69) is 157 Å². The number of aromatic nitrogens is 18. The Kier molecular flexibility index (Phi) is 57.3. The smallest absolute Gasteiger partial charge is 0.427 e. The Hall–Kier alpha value is -7.10. The predicted octanol–water partition coefficient (Wildman–Crippen LogP) is 19.5. The summed E-state index contributed by atoms with van der Waals surface area (Å²) in [6.07, 6.45) is 36.4. The van der Waals surface area contributed by atoms with Crippen molar-refractivity contribution in [2.24, 2.45) is 29.6 Å². The molecule has 0 radical (unpaired) electrons. The molecule has 0 atom stereocenters. The fourth-order valence-corrected chi connectivity index (χ4v) is 17.0. The number of thioether (sulfide) groups is 1. The molecule has 0 amide bonds. The molecule has 7 saturated carbocycles. The maximum Gasteiger partial charge on any atom is 0.454 e. The summed E-state index contributed by atoms with van der Waals surface area (Å²) in [4.78, 5) is 64.6. The first-order valence-electron chi connectivity index (χ1n) is 41.1. The zero-order chi connectivity index (χ0) is 101. The molecule has 7 aliphatic rings. The molecule has 9 aromatic rings. The number of nitrogens with one attached hydrogen (secondary N) is 2. The second-order valence-electron chi connectivity index (χ2n) is 31.7. The summed E-state index contributed by atoms with van der Waals surface area (Å²) in [6.45, 7) is 19.4. The average Bonchev–Trinajstić information content (AvgIpc) is 1.63. The van der Waals surface area contributed by atoms with Gasteiger partial charge in [0, 0.05) is 11.9 Å². The minimum atomic E-state index is -3.69. The third-order valence-corrected chi connectivity index (χ3v) is 26.9. The van der Waals surface area contributed by atoms with Gasteiger partial charge in [-0.2, -0.15) is 104 Å². The topological polar surface area (TPSA) is 584 Å². The number of nitrogens with zero attached hydrogens (tertiary/aromatic N) is 22. The average molecular weight is 2190 g/mol. The second kappa shape index (κ2) is 61.5. The van der Waals surface area contributed by atoms with E-state index in [0.29, 0.717) is 45.8 Å². The number of nitrogens with two attached hydrogens (primary N) is 1. The van der Waals surface area contributed by atoms with Crippen molar-refractivity contribution in [3.8, 4) is 0 Å². The van der Waals surface area contributed by atoms with Crippen LogP contribution in [0.5, 0.6) is 0 Å². The number of hydrogen-bond acceptors (Lipinski definition) is 37. The van der Waals surface area contributed by atoms with Gasteiger partial charge < -0.3 is 21.1 Å². The summed E-state index contributed by atoms with van der Waals surface area (Å²) in [7, 11) is -11.6. The van der Waals surface area contributed by atoms with Crippen molar-refractivity contribution in [2.45, 2.75) is 236 Å². The first-order valence-corrected chi connectivity index (χ1v) is 53.5. The summed E-state index contributed by atoms with van der Waals surface area (Å²) in [5.41, 5.74) is 6.02. The van der Waals surface area contributed by atoms with Gasteiger partial charge >= 0.3 is 35.6 Å². The fourth-order valence-electron chi connectivity index (χ4n) is 10.1. The summed E-state index contributed by atoms with van der Waals surface area (Å²) in [6, 6.07) is 1.86. The van der Waals surface area contributed by atoms with Gasteiger partial charge in [0.1, 0.15) is 42.2 Å². The van der Waals surface area contributed by atoms with E-state index < -0.39 is 67.0 Å². The van der Waals surface area contributed by atoms with Gasteiger partial charge in [0.05, 0.1) is 119 Å². The molecule has 7 aliphatic carbocycles. The van der Waals surface area contributed by atoms with Gasteiger partial charge in [-0.1, -0.05) is 155 Å². The summed E-state index contributed by atoms with van der Waals surface area (Å²) >= 11 is 53.2. The second-order valence-corrected chi connectivity index (χ2v) is 41.1. The minimum Gasteiger partial charge on any atom is -0.427 e. The highest BCUT2D eigenvalue weighted by Gasteiger charge is 2.38. The number of nitrogen functional groups attached to an aromatic ring is 1. The van der Waals surface area contributed by atoms with Crippen LogP contribution in [-0.4, -0.2) is 210 Å². The molecule has 0 saturated heterocycles. The first-order chi connectivity index (χ1) is 62.6. The number of aromatic amines is 1. The third-order valence-electron chi connectivity index (χ3n) is 17.2. The molecular weight excluding hydrogens is 2060 g/mol. The van der Waals surface area contributed by atoms with Gasteiger partial charge in [-0.05, 0) is 166 Å². The number of halogens is 6. The SMILES string of the molecule is C.C.CC(C)CS.CC(C)CS(=O)(=O)c1nn(C2CC2)cc1N.CC(C)CS(=O)(=O)c1nn(C2CC2)cc1Nc1nc(Cl)ncc1Cl.CC(C)CS(=O)(=O)c1nn(C2CC2)cc1[N+](=O)[O-].CC(C)CSc1nn(C2CC2)cc1[N+](=O)[O-].CS.CS.CS.CS.Clc1ncc(Cl)c(Cl)n1.O=[N+]([O-])c1cn(C2CC2)nc1Cl.O=[N+]([O-])c1cn[nH]c1.O=[N+]([O-])c1cnn(C2CC2)c1.OB(O)C1CC1. The Bertz CT molecular complexity index is 5480. The number of sulfone groups is 3. The van der Waals surface area contributed by atoms with Crippen molar-refractivity contribution < 1.29 is 59.9 Å². The van der Waals surface area contributed by atoms with E-state index in [4.69, 9.17) is 85.4 Å². The molecule has 59 heteroatoms. The van der Waals surface area contributed by atoms with Crippen LogP contribution in [0.15, 0.2) is 88.3 Å². The van der Waals surface area contributed by atoms with Gasteiger partial charge in [0.2, 0.25) is 30.6 Å². The van der Waals surface area contributed by atoms with Crippen LogP contribution >= 0.6 is 145 Å². The van der Waals surface area contributed by atoms with Crippen molar-refractivity contribution in [1.82, 2.24) is 88.8 Å². The van der Waals surface area contributed by atoms with E-state index in [1.54, 1.807) is 80.9 Å². The largest absolute Gasteiger partial charge is 0.454 e. The maximum absolute atomic E-state index is 12.7. The lowest BCUT2D eigenvalue weighted by molar-refractivity contribution is -0.388. The first kappa shape index (κ1) is 126. The van der Waals surface area contributed by atoms with Crippen LogP contribution in [-0.2, 0) is 29.5 Å². The van der Waals surface area contributed by atoms with E-state index >= 15 is 0 Å². The standard InChI is InChI=1S/C14H17Cl2N5O2S.C10H15N3O4S.C10H15N3O2S.C10H17N3O2S.C6H6ClN3O2.C6H7N3O2.C4HCl3N2.C4H10S.C3H7BO2.C3H3N3O2.4CH4S.2CH4/c1-8(2)7-24(22,23)13-11(6-21(20-13)9-3-4-9)18-12-10(15)5-17-14(16)19-12;1-7(2)6-18(16,17)10-9(13(14)15)5-12(11-10)8-3-4-8;1-7(2)6-16-10-9(13(14)15)5-12(11-10)8-3-4-8;1-7(2)6-16(14,15)10-9(11)5-13(12-10)8-3-4-8;7-6-5(10(11)12)3-9(8-6)4-1-2-4;10-9(11)6-3-7-8(4-6)5-1-2-5;5-2-1-8-4(7)9-3(2)6;1-4(2)3-5;5-4(6)3-1-2-3;7-6(8)3-1-4-5-2-3;4*1-2;;/h5-6,8-9H,3-4,7H2,1-2H3,(H,17,18,19);5,7-8H,3-4,6H2,1-2H3;5,7-8H,3-4,6H2,1-2H3;5,7-8H,3-4,6,11H2,1-2H3;3-4H,1-2H2;3-5H,1-2H2;1H;4-5H,3H2,1-2H3;3,5-6H,1-2H2;1-2H,(H,4,5);4*2H,1H3;2*1H4. The summed E-state index contributed by atoms with van der Waals surface area (Å²) in [5, 5.41) is 103. The zero-order valence-electron chi connectivity index (χ0n) is 75.3. The fraction of sp³-hybridized carbons (Fsp3) is 0.618. The highest BCUT2D eigenvalue weighted by molar-refractivity contribution is 7.99. The molecule has 9 aromatic heterocycles. The van der Waals surface area contributed by atoms with Crippen LogP contribution in [0.2, 0.25) is 36.7 Å².